The third-order valence-corrected chi connectivity index (χ3v) is 2.85. The van der Waals surface area contributed by atoms with E-state index in [9.17, 15) is 9.59 Å². The van der Waals surface area contributed by atoms with Gasteiger partial charge in [-0.2, -0.15) is 0 Å². The van der Waals surface area contributed by atoms with Crippen LogP contribution < -0.4 is 0 Å². The van der Waals surface area contributed by atoms with E-state index in [1.165, 1.54) is 0 Å². The summed E-state index contributed by atoms with van der Waals surface area (Å²) in [5, 5.41) is 0. The van der Waals surface area contributed by atoms with E-state index in [1.54, 1.807) is 12.2 Å². The molecule has 2 aliphatic rings. The van der Waals surface area contributed by atoms with E-state index in [-0.39, 0.29) is 18.0 Å². The van der Waals surface area contributed by atoms with Crippen molar-refractivity contribution in [3.63, 3.8) is 0 Å². The van der Waals surface area contributed by atoms with Gasteiger partial charge in [0.25, 0.3) is 0 Å². The van der Waals surface area contributed by atoms with Crippen LogP contribution in [0.1, 0.15) is 22.3 Å². The summed E-state index contributed by atoms with van der Waals surface area (Å²) in [5.74, 6) is 0.0215. The highest BCUT2D eigenvalue weighted by Crippen LogP contribution is 2.37. The molecular weight excluding hydrogens is 188 g/mol. The average molecular weight is 196 g/mol. The largest absolute Gasteiger partial charge is 0.294 e. The summed E-state index contributed by atoms with van der Waals surface area (Å²) in [6.07, 6.45) is 3.55. The molecule has 0 fully saturated rings. The van der Waals surface area contributed by atoms with Crippen molar-refractivity contribution in [3.05, 3.63) is 53.1 Å². The molecule has 2 aliphatic carbocycles. The molecule has 0 bridgehead atoms. The molecule has 0 aromatic heterocycles. The highest BCUT2D eigenvalue weighted by molar-refractivity contribution is 6.25. The number of Topliss-reactive ketones (excluding diaryl/α,β-unsaturated/α-hetero) is 1. The SMILES string of the molecule is O=C1C=CC2=C(C1)C(=O)c1ccccc12. The highest BCUT2D eigenvalue weighted by Gasteiger charge is 2.30. The first-order valence-corrected chi connectivity index (χ1v) is 4.85. The molecule has 2 heteroatoms. The lowest BCUT2D eigenvalue weighted by atomic mass is 9.97. The van der Waals surface area contributed by atoms with E-state index in [2.05, 4.69) is 0 Å². The summed E-state index contributed by atoms with van der Waals surface area (Å²) < 4.78 is 0. The van der Waals surface area contributed by atoms with Gasteiger partial charge in [-0.1, -0.05) is 30.3 Å². The summed E-state index contributed by atoms with van der Waals surface area (Å²) in [7, 11) is 0. The zero-order valence-corrected chi connectivity index (χ0v) is 7.99. The first-order chi connectivity index (χ1) is 7.27. The van der Waals surface area contributed by atoms with Crippen molar-refractivity contribution < 1.29 is 9.59 Å². The highest BCUT2D eigenvalue weighted by atomic mass is 16.1. The van der Waals surface area contributed by atoms with Crippen LogP contribution in [0.4, 0.5) is 0 Å². The Labute approximate surface area is 86.9 Å². The van der Waals surface area contributed by atoms with Crippen LogP contribution in [0.5, 0.6) is 0 Å². The fourth-order valence-electron chi connectivity index (χ4n) is 2.14. The topological polar surface area (TPSA) is 34.1 Å². The zero-order valence-electron chi connectivity index (χ0n) is 7.99. The van der Waals surface area contributed by atoms with Crippen molar-refractivity contribution in [2.24, 2.45) is 0 Å². The van der Waals surface area contributed by atoms with Crippen LogP contribution in [0.15, 0.2) is 42.0 Å². The van der Waals surface area contributed by atoms with Gasteiger partial charge in [-0.05, 0) is 17.2 Å². The fraction of sp³-hybridized carbons (Fsp3) is 0.0769. The Hall–Kier alpha value is -1.96. The average Bonchev–Trinajstić information content (AvgIpc) is 2.54. The molecule has 1 aromatic rings. The second kappa shape index (κ2) is 2.76. The van der Waals surface area contributed by atoms with Crippen LogP contribution in [-0.2, 0) is 4.79 Å². The number of fused-ring (bicyclic) bond motifs is 2. The summed E-state index contributed by atoms with van der Waals surface area (Å²) in [4.78, 5) is 23.2. The number of rotatable bonds is 0. The first kappa shape index (κ1) is 8.36. The Morgan fingerprint density at radius 2 is 1.67 bits per heavy atom. The van der Waals surface area contributed by atoms with Crippen molar-refractivity contribution in [1.29, 1.82) is 0 Å². The second-order valence-electron chi connectivity index (χ2n) is 3.74. The summed E-state index contributed by atoms with van der Waals surface area (Å²) in [5.41, 5.74) is 3.27. The van der Waals surface area contributed by atoms with E-state index in [0.29, 0.717) is 5.57 Å². The van der Waals surface area contributed by atoms with Crippen LogP contribution >= 0.6 is 0 Å². The quantitative estimate of drug-likeness (QED) is 0.637. The van der Waals surface area contributed by atoms with Gasteiger partial charge in [0.2, 0.25) is 0 Å². The monoisotopic (exact) mass is 196 g/mol. The molecule has 0 unspecified atom stereocenters. The smallest absolute Gasteiger partial charge is 0.190 e. The number of carbonyl (C=O) groups excluding carboxylic acids is 2. The normalized spacial score (nSPS) is 18.1. The zero-order chi connectivity index (χ0) is 10.4. The Morgan fingerprint density at radius 3 is 2.47 bits per heavy atom. The van der Waals surface area contributed by atoms with Gasteiger partial charge in [0, 0.05) is 17.6 Å². The summed E-state index contributed by atoms with van der Waals surface area (Å²) >= 11 is 0. The molecule has 0 saturated heterocycles. The molecule has 0 atom stereocenters. The second-order valence-corrected chi connectivity index (χ2v) is 3.74. The van der Waals surface area contributed by atoms with E-state index in [4.69, 9.17) is 0 Å². The Balaban J connectivity index is 2.25. The molecule has 0 amide bonds. The number of benzene rings is 1. The van der Waals surface area contributed by atoms with Crippen LogP contribution in [0, 0.1) is 0 Å². The van der Waals surface area contributed by atoms with Gasteiger partial charge in [0.15, 0.2) is 11.6 Å². The third kappa shape index (κ3) is 1.05. The van der Waals surface area contributed by atoms with Gasteiger partial charge >= 0.3 is 0 Å². The third-order valence-electron chi connectivity index (χ3n) is 2.85. The Bertz CT molecular complexity index is 547. The van der Waals surface area contributed by atoms with Crippen LogP contribution in [-0.4, -0.2) is 11.6 Å². The maximum Gasteiger partial charge on any atom is 0.190 e. The molecule has 72 valence electrons. The minimum absolute atomic E-state index is 0.00917. The number of hydrogen-bond donors (Lipinski definition) is 0. The van der Waals surface area contributed by atoms with E-state index < -0.39 is 0 Å². The molecule has 0 radical (unpaired) electrons. The maximum atomic E-state index is 11.9. The maximum absolute atomic E-state index is 11.9. The minimum Gasteiger partial charge on any atom is -0.294 e. The molecule has 0 N–H and O–H groups in total. The lowest BCUT2D eigenvalue weighted by Crippen LogP contribution is -2.06. The van der Waals surface area contributed by atoms with Crippen LogP contribution in [0.25, 0.3) is 5.57 Å². The van der Waals surface area contributed by atoms with Gasteiger partial charge in [-0.25, -0.2) is 0 Å². The van der Waals surface area contributed by atoms with Crippen molar-refractivity contribution in [1.82, 2.24) is 0 Å². The first-order valence-electron chi connectivity index (χ1n) is 4.85. The fourth-order valence-corrected chi connectivity index (χ4v) is 2.14. The summed E-state index contributed by atoms with van der Waals surface area (Å²) in [6.45, 7) is 0. The van der Waals surface area contributed by atoms with Gasteiger partial charge in [-0.3, -0.25) is 9.59 Å². The number of allylic oxidation sites excluding steroid dienone is 4. The molecule has 2 nitrogen and oxygen atoms in total. The van der Waals surface area contributed by atoms with Crippen molar-refractivity contribution >= 4 is 17.1 Å². The minimum atomic E-state index is 0.00917. The molecule has 15 heavy (non-hydrogen) atoms. The predicted molar refractivity (Wildman–Crippen MR) is 56.5 cm³/mol. The lowest BCUT2D eigenvalue weighted by molar-refractivity contribution is -0.114. The predicted octanol–water partition coefficient (Wildman–Crippen LogP) is 2.17. The Morgan fingerprint density at radius 1 is 0.933 bits per heavy atom. The van der Waals surface area contributed by atoms with E-state index >= 15 is 0 Å². The number of carbonyl (C=O) groups is 2. The Kier molecular flexibility index (Phi) is 1.54. The molecule has 0 saturated carbocycles. The lowest BCUT2D eigenvalue weighted by Gasteiger charge is -2.05. The van der Waals surface area contributed by atoms with Gasteiger partial charge in [0.05, 0.1) is 0 Å². The molecule has 0 spiro atoms. The van der Waals surface area contributed by atoms with Crippen LogP contribution in [0.2, 0.25) is 0 Å². The van der Waals surface area contributed by atoms with Crippen LogP contribution in [0.3, 0.4) is 0 Å². The van der Waals surface area contributed by atoms with Gasteiger partial charge in [-0.15, -0.1) is 0 Å². The molecule has 0 aliphatic heterocycles. The molecule has 3 rings (SSSR count). The number of hydrogen-bond acceptors (Lipinski definition) is 2. The van der Waals surface area contributed by atoms with E-state index in [0.717, 1.165) is 16.7 Å². The van der Waals surface area contributed by atoms with E-state index in [1.807, 2.05) is 24.3 Å². The van der Waals surface area contributed by atoms with Gasteiger partial charge < -0.3 is 0 Å². The van der Waals surface area contributed by atoms with Gasteiger partial charge in [0.1, 0.15) is 0 Å². The standard InChI is InChI=1S/C13H8O2/c14-8-5-6-10-9-3-1-2-4-11(9)13(15)12(10)7-8/h1-6H,7H2. The van der Waals surface area contributed by atoms with Crippen molar-refractivity contribution in [2.45, 2.75) is 6.42 Å². The number of ketones is 2. The molecule has 0 heterocycles. The molecular formula is C13H8O2. The molecule has 1 aromatic carbocycles. The van der Waals surface area contributed by atoms with Crippen molar-refractivity contribution in [3.8, 4) is 0 Å². The summed E-state index contributed by atoms with van der Waals surface area (Å²) in [6, 6.07) is 7.50. The van der Waals surface area contributed by atoms with Crippen molar-refractivity contribution in [2.75, 3.05) is 0 Å².